The summed E-state index contributed by atoms with van der Waals surface area (Å²) in [5.41, 5.74) is 3.54. The normalized spacial score (nSPS) is 12.2. The molecule has 0 radical (unpaired) electrons. The van der Waals surface area contributed by atoms with Crippen LogP contribution < -0.4 is 10.2 Å². The Hall–Kier alpha value is -1.39. The number of hydrogen-bond acceptors (Lipinski definition) is 3. The lowest BCUT2D eigenvalue weighted by molar-refractivity contribution is 0.561. The van der Waals surface area contributed by atoms with Gasteiger partial charge in [0.25, 0.3) is 0 Å². The number of benzene rings is 1. The molecule has 0 aliphatic heterocycles. The van der Waals surface area contributed by atoms with Gasteiger partial charge >= 0.3 is 0 Å². The van der Waals surface area contributed by atoms with Gasteiger partial charge in [0.2, 0.25) is 0 Å². The maximum absolute atomic E-state index is 4.40. The maximum atomic E-state index is 4.40. The van der Waals surface area contributed by atoms with Crippen LogP contribution in [0.5, 0.6) is 0 Å². The van der Waals surface area contributed by atoms with Gasteiger partial charge in [0.1, 0.15) is 0 Å². The molecule has 0 aliphatic carbocycles. The Labute approximate surface area is 129 Å². The second kappa shape index (κ2) is 6.86. The summed E-state index contributed by atoms with van der Waals surface area (Å²) in [5, 5.41) is 3.51. The molecular formula is C16H20BrN3. The zero-order valence-electron chi connectivity index (χ0n) is 12.1. The monoisotopic (exact) mass is 333 g/mol. The van der Waals surface area contributed by atoms with Gasteiger partial charge in [-0.3, -0.25) is 4.98 Å². The van der Waals surface area contributed by atoms with Gasteiger partial charge in [0, 0.05) is 43.0 Å². The van der Waals surface area contributed by atoms with E-state index in [1.165, 1.54) is 11.3 Å². The summed E-state index contributed by atoms with van der Waals surface area (Å²) < 4.78 is 1.06. The van der Waals surface area contributed by atoms with Gasteiger partial charge in [0.05, 0.1) is 5.69 Å². The van der Waals surface area contributed by atoms with Crippen LogP contribution in [-0.4, -0.2) is 19.1 Å². The van der Waals surface area contributed by atoms with Gasteiger partial charge in [-0.2, -0.15) is 0 Å². The van der Waals surface area contributed by atoms with Crippen molar-refractivity contribution in [1.82, 2.24) is 10.3 Å². The molecule has 1 unspecified atom stereocenters. The molecule has 4 heteroatoms. The highest BCUT2D eigenvalue weighted by Crippen LogP contribution is 2.17. The van der Waals surface area contributed by atoms with Gasteiger partial charge in [-0.1, -0.05) is 28.1 Å². The van der Waals surface area contributed by atoms with E-state index < -0.39 is 0 Å². The summed E-state index contributed by atoms with van der Waals surface area (Å²) in [4.78, 5) is 6.51. The second-order valence-electron chi connectivity index (χ2n) is 5.07. The fraction of sp³-hybridized carbons (Fsp3) is 0.312. The van der Waals surface area contributed by atoms with Crippen LogP contribution in [0, 0.1) is 0 Å². The lowest BCUT2D eigenvalue weighted by Crippen LogP contribution is -2.19. The van der Waals surface area contributed by atoms with Gasteiger partial charge < -0.3 is 10.2 Å². The smallest absolute Gasteiger partial charge is 0.0581 e. The Morgan fingerprint density at radius 1 is 1.25 bits per heavy atom. The van der Waals surface area contributed by atoms with Crippen molar-refractivity contribution < 1.29 is 0 Å². The highest BCUT2D eigenvalue weighted by atomic mass is 79.9. The summed E-state index contributed by atoms with van der Waals surface area (Å²) in [6, 6.07) is 12.8. The molecule has 1 aromatic carbocycles. The van der Waals surface area contributed by atoms with Crippen LogP contribution >= 0.6 is 15.9 Å². The third-order valence-electron chi connectivity index (χ3n) is 3.23. The van der Waals surface area contributed by atoms with E-state index in [2.05, 4.69) is 76.4 Å². The largest absolute Gasteiger partial charge is 0.378 e. The van der Waals surface area contributed by atoms with Crippen molar-refractivity contribution in [1.29, 1.82) is 0 Å². The molecule has 0 amide bonds. The Morgan fingerprint density at radius 3 is 2.75 bits per heavy atom. The quantitative estimate of drug-likeness (QED) is 0.902. The number of halogens is 1. The second-order valence-corrected chi connectivity index (χ2v) is 5.98. The maximum Gasteiger partial charge on any atom is 0.0581 e. The zero-order chi connectivity index (χ0) is 14.5. The highest BCUT2D eigenvalue weighted by Gasteiger charge is 2.07. The summed E-state index contributed by atoms with van der Waals surface area (Å²) in [6.07, 6.45) is 1.82. The molecule has 0 bridgehead atoms. The predicted octanol–water partition coefficient (Wildman–Crippen LogP) is 3.76. The van der Waals surface area contributed by atoms with Gasteiger partial charge in [0.15, 0.2) is 0 Å². The molecule has 0 aliphatic rings. The third kappa shape index (κ3) is 4.05. The van der Waals surface area contributed by atoms with E-state index in [1.54, 1.807) is 0 Å². The lowest BCUT2D eigenvalue weighted by atomic mass is 10.1. The van der Waals surface area contributed by atoms with E-state index in [4.69, 9.17) is 0 Å². The molecule has 2 aromatic rings. The van der Waals surface area contributed by atoms with E-state index in [-0.39, 0.29) is 6.04 Å². The number of nitrogens with one attached hydrogen (secondary N) is 1. The standard InChI is InChI=1S/C16H20BrN3/c1-12(16-10-14(17)7-8-18-16)19-11-13-5-4-6-15(9-13)20(2)3/h4-10,12,19H,11H2,1-3H3. The molecule has 0 saturated carbocycles. The number of nitrogens with zero attached hydrogens (tertiary/aromatic N) is 2. The minimum atomic E-state index is 0.218. The Bertz CT molecular complexity index is 569. The molecule has 0 spiro atoms. The van der Waals surface area contributed by atoms with Crippen molar-refractivity contribution in [2.75, 3.05) is 19.0 Å². The van der Waals surface area contributed by atoms with E-state index in [0.717, 1.165) is 16.7 Å². The van der Waals surface area contributed by atoms with Crippen molar-refractivity contribution in [2.24, 2.45) is 0 Å². The fourth-order valence-electron chi connectivity index (χ4n) is 1.98. The van der Waals surface area contributed by atoms with Crippen molar-refractivity contribution in [3.63, 3.8) is 0 Å². The summed E-state index contributed by atoms with van der Waals surface area (Å²) >= 11 is 3.48. The van der Waals surface area contributed by atoms with Gasteiger partial charge in [-0.05, 0) is 36.8 Å². The average Bonchev–Trinajstić information content (AvgIpc) is 2.45. The average molecular weight is 334 g/mol. The molecule has 2 rings (SSSR count). The van der Waals surface area contributed by atoms with Crippen LogP contribution in [0.3, 0.4) is 0 Å². The summed E-state index contributed by atoms with van der Waals surface area (Å²) in [5.74, 6) is 0. The molecule has 1 heterocycles. The topological polar surface area (TPSA) is 28.2 Å². The van der Waals surface area contributed by atoms with E-state index in [9.17, 15) is 0 Å². The van der Waals surface area contributed by atoms with Crippen LogP contribution in [0.25, 0.3) is 0 Å². The number of anilines is 1. The van der Waals surface area contributed by atoms with E-state index >= 15 is 0 Å². The lowest BCUT2D eigenvalue weighted by Gasteiger charge is -2.16. The number of rotatable bonds is 5. The summed E-state index contributed by atoms with van der Waals surface area (Å²) in [6.45, 7) is 2.96. The molecule has 106 valence electrons. The molecule has 0 saturated heterocycles. The van der Waals surface area contributed by atoms with Crippen LogP contribution in [0.4, 0.5) is 5.69 Å². The molecule has 0 fully saturated rings. The van der Waals surface area contributed by atoms with Crippen LogP contribution in [0.2, 0.25) is 0 Å². The molecule has 3 nitrogen and oxygen atoms in total. The molecule has 20 heavy (non-hydrogen) atoms. The van der Waals surface area contributed by atoms with Gasteiger partial charge in [-0.25, -0.2) is 0 Å². The van der Waals surface area contributed by atoms with Crippen molar-refractivity contribution in [3.05, 3.63) is 58.3 Å². The first kappa shape index (κ1) is 15.0. The third-order valence-corrected chi connectivity index (χ3v) is 3.72. The Kier molecular flexibility index (Phi) is 5.15. The Morgan fingerprint density at radius 2 is 2.05 bits per heavy atom. The number of hydrogen-bond donors (Lipinski definition) is 1. The summed E-state index contributed by atoms with van der Waals surface area (Å²) in [7, 11) is 4.11. The fourth-order valence-corrected chi connectivity index (χ4v) is 2.33. The van der Waals surface area contributed by atoms with Crippen LogP contribution in [0.15, 0.2) is 47.1 Å². The first-order valence-corrected chi connectivity index (χ1v) is 7.46. The predicted molar refractivity (Wildman–Crippen MR) is 88.0 cm³/mol. The van der Waals surface area contributed by atoms with Crippen molar-refractivity contribution in [2.45, 2.75) is 19.5 Å². The van der Waals surface area contributed by atoms with Crippen LogP contribution in [0.1, 0.15) is 24.2 Å². The first-order valence-electron chi connectivity index (χ1n) is 6.67. The zero-order valence-corrected chi connectivity index (χ0v) is 13.7. The first-order chi connectivity index (χ1) is 9.56. The van der Waals surface area contributed by atoms with E-state index in [0.29, 0.717) is 0 Å². The van der Waals surface area contributed by atoms with Crippen LogP contribution in [-0.2, 0) is 6.54 Å². The minimum absolute atomic E-state index is 0.218. The van der Waals surface area contributed by atoms with Gasteiger partial charge in [-0.15, -0.1) is 0 Å². The number of pyridine rings is 1. The molecule has 1 atom stereocenters. The van der Waals surface area contributed by atoms with Crippen molar-refractivity contribution >= 4 is 21.6 Å². The molecule has 1 N–H and O–H groups in total. The van der Waals surface area contributed by atoms with Crippen molar-refractivity contribution in [3.8, 4) is 0 Å². The molecular weight excluding hydrogens is 314 g/mol. The minimum Gasteiger partial charge on any atom is -0.378 e. The SMILES string of the molecule is CC(NCc1cccc(N(C)C)c1)c1cc(Br)ccn1. The highest BCUT2D eigenvalue weighted by molar-refractivity contribution is 9.10. The van der Waals surface area contributed by atoms with E-state index in [1.807, 2.05) is 18.3 Å². The number of aromatic nitrogens is 1. The Balaban J connectivity index is 1.99. The molecule has 1 aromatic heterocycles.